The summed E-state index contributed by atoms with van der Waals surface area (Å²) in [5, 5.41) is 62.7. The SMILES string of the molecule is CN1C(=O)N(c2ccc(F)cc2)[C@H](c2ccc(-c3ccc(C4O[C@H](CO)[C@@H](O)[C@H](O)[C@H]4O)cc3)cc2O)[C@H]1CCC(O)c1ccc(F)cc1. The molecule has 8 atom stereocenters. The van der Waals surface area contributed by atoms with Crippen molar-refractivity contribution in [1.29, 1.82) is 0 Å². The fourth-order valence-corrected chi connectivity index (χ4v) is 6.78. The Morgan fingerprint density at radius 1 is 0.816 bits per heavy atom. The first-order chi connectivity index (χ1) is 23.5. The number of aliphatic hydroxyl groups excluding tert-OH is 5. The minimum Gasteiger partial charge on any atom is -0.508 e. The molecule has 12 heteroatoms. The summed E-state index contributed by atoms with van der Waals surface area (Å²) >= 11 is 0. The van der Waals surface area contributed by atoms with Crippen molar-refractivity contribution in [2.75, 3.05) is 18.6 Å². The predicted molar refractivity (Wildman–Crippen MR) is 175 cm³/mol. The van der Waals surface area contributed by atoms with Crippen LogP contribution in [-0.2, 0) is 4.74 Å². The number of phenols is 1. The fraction of sp³-hybridized carbons (Fsp3) is 0.324. The molecule has 2 heterocycles. The molecule has 0 aliphatic carbocycles. The zero-order chi connectivity index (χ0) is 35.0. The van der Waals surface area contributed by atoms with E-state index in [4.69, 9.17) is 4.74 Å². The number of anilines is 1. The van der Waals surface area contributed by atoms with Crippen LogP contribution in [0.5, 0.6) is 5.75 Å². The number of aliphatic hydroxyl groups is 5. The summed E-state index contributed by atoms with van der Waals surface area (Å²) in [6.07, 6.45) is -6.80. The summed E-state index contributed by atoms with van der Waals surface area (Å²) in [5.74, 6) is -0.986. The average molecular weight is 677 g/mol. The van der Waals surface area contributed by atoms with Crippen LogP contribution in [0.1, 0.15) is 47.8 Å². The van der Waals surface area contributed by atoms with Crippen molar-refractivity contribution in [3.8, 4) is 16.9 Å². The zero-order valence-electron chi connectivity index (χ0n) is 26.6. The largest absolute Gasteiger partial charge is 0.508 e. The summed E-state index contributed by atoms with van der Waals surface area (Å²) in [7, 11) is 1.64. The van der Waals surface area contributed by atoms with E-state index in [-0.39, 0.29) is 18.2 Å². The molecule has 10 nitrogen and oxygen atoms in total. The van der Waals surface area contributed by atoms with Gasteiger partial charge in [0.05, 0.1) is 24.8 Å². The maximum Gasteiger partial charge on any atom is 0.325 e. The number of hydrogen-bond acceptors (Lipinski definition) is 8. The maximum atomic E-state index is 13.9. The number of rotatable bonds is 9. The second-order valence-corrected chi connectivity index (χ2v) is 12.5. The van der Waals surface area contributed by atoms with Crippen molar-refractivity contribution >= 4 is 11.7 Å². The van der Waals surface area contributed by atoms with E-state index < -0.39 is 66.9 Å². The third-order valence-electron chi connectivity index (χ3n) is 9.56. The zero-order valence-corrected chi connectivity index (χ0v) is 26.6. The number of amides is 2. The lowest BCUT2D eigenvalue weighted by Gasteiger charge is -2.40. The van der Waals surface area contributed by atoms with E-state index in [0.29, 0.717) is 39.9 Å². The van der Waals surface area contributed by atoms with Crippen LogP contribution >= 0.6 is 0 Å². The monoisotopic (exact) mass is 676 g/mol. The van der Waals surface area contributed by atoms with Crippen molar-refractivity contribution in [3.63, 3.8) is 0 Å². The van der Waals surface area contributed by atoms with Gasteiger partial charge >= 0.3 is 6.03 Å². The maximum absolute atomic E-state index is 13.9. The molecule has 0 bridgehead atoms. The highest BCUT2D eigenvalue weighted by Crippen LogP contribution is 2.45. The van der Waals surface area contributed by atoms with Crippen LogP contribution in [0.25, 0.3) is 11.1 Å². The van der Waals surface area contributed by atoms with Crippen LogP contribution in [0.4, 0.5) is 19.3 Å². The number of aromatic hydroxyl groups is 1. The first kappa shape index (κ1) is 34.4. The number of ether oxygens (including phenoxy) is 1. The van der Waals surface area contributed by atoms with E-state index in [1.807, 2.05) is 0 Å². The van der Waals surface area contributed by atoms with Crippen LogP contribution in [0.2, 0.25) is 0 Å². The van der Waals surface area contributed by atoms with Crippen LogP contribution in [0.3, 0.4) is 0 Å². The van der Waals surface area contributed by atoms with E-state index in [9.17, 15) is 44.2 Å². The van der Waals surface area contributed by atoms with Gasteiger partial charge in [-0.3, -0.25) is 4.90 Å². The van der Waals surface area contributed by atoms with E-state index >= 15 is 0 Å². The lowest BCUT2D eigenvalue weighted by atomic mass is 9.89. The molecule has 2 amide bonds. The molecular formula is C37H38F2N2O8. The van der Waals surface area contributed by atoms with Crippen molar-refractivity contribution < 1.29 is 49.0 Å². The van der Waals surface area contributed by atoms with Gasteiger partial charge in [-0.2, -0.15) is 0 Å². The predicted octanol–water partition coefficient (Wildman–Crippen LogP) is 4.35. The van der Waals surface area contributed by atoms with Crippen LogP contribution in [0.15, 0.2) is 91.0 Å². The van der Waals surface area contributed by atoms with Gasteiger partial charge in [-0.25, -0.2) is 13.6 Å². The van der Waals surface area contributed by atoms with E-state index in [1.54, 1.807) is 49.5 Å². The summed E-state index contributed by atoms with van der Waals surface area (Å²) in [6, 6.07) is 21.3. The van der Waals surface area contributed by atoms with Gasteiger partial charge in [0.15, 0.2) is 0 Å². The molecule has 258 valence electrons. The number of carbonyl (C=O) groups is 1. The van der Waals surface area contributed by atoms with Gasteiger partial charge in [-0.05, 0) is 77.6 Å². The Bertz CT molecular complexity index is 1760. The molecule has 6 rings (SSSR count). The fourth-order valence-electron chi connectivity index (χ4n) is 6.78. The number of carbonyl (C=O) groups excluding carboxylic acids is 1. The molecule has 0 radical (unpaired) electrons. The highest BCUT2D eigenvalue weighted by atomic mass is 19.1. The van der Waals surface area contributed by atoms with Gasteiger partial charge in [0.2, 0.25) is 0 Å². The Hall–Kier alpha value is -4.43. The number of hydrogen-bond donors (Lipinski definition) is 6. The summed E-state index contributed by atoms with van der Waals surface area (Å²) in [5.41, 5.74) is 3.24. The molecule has 0 aromatic heterocycles. The van der Waals surface area contributed by atoms with Crippen LogP contribution in [-0.4, -0.2) is 85.7 Å². The average Bonchev–Trinajstić information content (AvgIpc) is 3.35. The molecule has 0 saturated carbocycles. The third-order valence-corrected chi connectivity index (χ3v) is 9.56. The van der Waals surface area contributed by atoms with Gasteiger partial charge in [0.1, 0.15) is 47.9 Å². The van der Waals surface area contributed by atoms with Crippen molar-refractivity contribution in [2.24, 2.45) is 0 Å². The van der Waals surface area contributed by atoms with E-state index in [1.165, 1.54) is 58.3 Å². The molecular weight excluding hydrogens is 638 g/mol. The van der Waals surface area contributed by atoms with E-state index in [2.05, 4.69) is 0 Å². The standard InChI is InChI=1S/C37H38F2N2O8/c1-40-28(16-17-29(43)21-6-9-24(38)10-7-21)32(41(37(40)48)26-13-11-25(39)12-14-26)27-15-8-23(18-30(27)44)20-2-4-22(5-3-20)36-35(47)34(46)33(45)31(19-42)49-36/h2-15,18,28-29,31-36,42-47H,16-17,19H2,1H3/t28-,29?,31-,32-,33-,34+,35-,36?/m1/s1. The van der Waals surface area contributed by atoms with Crippen molar-refractivity contribution in [2.45, 2.75) is 61.5 Å². The summed E-state index contributed by atoms with van der Waals surface area (Å²) in [4.78, 5) is 16.7. The van der Waals surface area contributed by atoms with Gasteiger partial charge in [-0.1, -0.05) is 48.5 Å². The van der Waals surface area contributed by atoms with Gasteiger partial charge in [0.25, 0.3) is 0 Å². The lowest BCUT2D eigenvalue weighted by Crippen LogP contribution is -2.55. The second kappa shape index (κ2) is 14.2. The molecule has 4 aromatic carbocycles. The number of likely N-dealkylation sites (N-methyl/N-ethyl adjacent to an activating group) is 1. The molecule has 6 N–H and O–H groups in total. The number of urea groups is 1. The smallest absolute Gasteiger partial charge is 0.325 e. The molecule has 2 saturated heterocycles. The van der Waals surface area contributed by atoms with Crippen LogP contribution < -0.4 is 4.90 Å². The molecule has 2 fully saturated rings. The number of halogens is 2. The Kier molecular flexibility index (Phi) is 9.98. The lowest BCUT2D eigenvalue weighted by molar-refractivity contribution is -0.231. The number of phenolic OH excluding ortho intramolecular Hbond substituents is 1. The van der Waals surface area contributed by atoms with Crippen molar-refractivity contribution in [3.05, 3.63) is 119 Å². The quantitative estimate of drug-likeness (QED) is 0.153. The third kappa shape index (κ3) is 6.76. The molecule has 4 aromatic rings. The Morgan fingerprint density at radius 3 is 2.04 bits per heavy atom. The highest BCUT2D eigenvalue weighted by molar-refractivity contribution is 5.96. The van der Waals surface area contributed by atoms with Crippen molar-refractivity contribution in [1.82, 2.24) is 4.90 Å². The molecule has 49 heavy (non-hydrogen) atoms. The normalized spacial score (nSPS) is 26.3. The Labute approximate surface area is 281 Å². The van der Waals surface area contributed by atoms with Gasteiger partial charge in [-0.15, -0.1) is 0 Å². The molecule has 2 aliphatic rings. The topological polar surface area (TPSA) is 154 Å². The number of benzene rings is 4. The number of nitrogens with zero attached hydrogens (tertiary/aromatic N) is 2. The first-order valence-corrected chi connectivity index (χ1v) is 16.0. The minimum atomic E-state index is -1.51. The molecule has 2 unspecified atom stereocenters. The molecule has 0 spiro atoms. The Morgan fingerprint density at radius 2 is 1.43 bits per heavy atom. The van der Waals surface area contributed by atoms with Gasteiger partial charge < -0.3 is 40.3 Å². The van der Waals surface area contributed by atoms with E-state index in [0.717, 1.165) is 0 Å². The minimum absolute atomic E-state index is 0.0974. The van der Waals surface area contributed by atoms with Gasteiger partial charge in [0, 0.05) is 18.3 Å². The summed E-state index contributed by atoms with van der Waals surface area (Å²) < 4.78 is 33.0. The Balaban J connectivity index is 1.29. The second-order valence-electron chi connectivity index (χ2n) is 12.5. The van der Waals surface area contributed by atoms with Crippen LogP contribution in [0, 0.1) is 11.6 Å². The summed E-state index contributed by atoms with van der Waals surface area (Å²) in [6.45, 7) is -0.540. The molecule has 2 aliphatic heterocycles. The first-order valence-electron chi connectivity index (χ1n) is 16.0. The highest BCUT2D eigenvalue weighted by Gasteiger charge is 2.47.